The van der Waals surface area contributed by atoms with E-state index in [2.05, 4.69) is 25.4 Å². The largest absolute Gasteiger partial charge is 0.347 e. The molecule has 1 aliphatic rings. The fourth-order valence-electron chi connectivity index (χ4n) is 4.19. The molecule has 0 unspecified atom stereocenters. The molecule has 0 radical (unpaired) electrons. The first-order chi connectivity index (χ1) is 15.4. The molecule has 0 spiro atoms. The van der Waals surface area contributed by atoms with E-state index in [1.165, 1.54) is 4.57 Å². The van der Waals surface area contributed by atoms with E-state index in [-0.39, 0.29) is 6.04 Å². The monoisotopic (exact) mass is 444 g/mol. The number of alkyl halides is 3. The van der Waals surface area contributed by atoms with Gasteiger partial charge in [-0.3, -0.25) is 0 Å². The summed E-state index contributed by atoms with van der Waals surface area (Å²) in [5, 5.41) is 7.56. The van der Waals surface area contributed by atoms with Crippen molar-refractivity contribution in [3.8, 4) is 11.3 Å². The van der Waals surface area contributed by atoms with E-state index in [0.717, 1.165) is 12.1 Å². The van der Waals surface area contributed by atoms with Gasteiger partial charge in [0.15, 0.2) is 5.65 Å². The van der Waals surface area contributed by atoms with Gasteiger partial charge in [-0.15, -0.1) is 5.10 Å². The number of aromatic nitrogens is 6. The van der Waals surface area contributed by atoms with E-state index in [0.29, 0.717) is 47.1 Å². The summed E-state index contributed by atoms with van der Waals surface area (Å²) in [6, 6.07) is 5.08. The molecule has 0 saturated carbocycles. The Morgan fingerprint density at radius 1 is 1.22 bits per heavy atom. The van der Waals surface area contributed by atoms with Gasteiger partial charge in [0.25, 0.3) is 6.43 Å². The fourth-order valence-corrected chi connectivity index (χ4v) is 4.19. The number of hydrogen-bond acceptors (Lipinski definition) is 6. The highest BCUT2D eigenvalue weighted by Gasteiger charge is 2.28. The number of halogens is 3. The van der Waals surface area contributed by atoms with Crippen molar-refractivity contribution in [3.63, 3.8) is 0 Å². The molecule has 4 aromatic heterocycles. The number of imidazole rings is 1. The first-order valence-corrected chi connectivity index (χ1v) is 10.4. The van der Waals surface area contributed by atoms with Crippen LogP contribution in [0.5, 0.6) is 0 Å². The number of fused-ring (bicyclic) bond motifs is 2. The normalized spacial score (nSPS) is 19.9. The van der Waals surface area contributed by atoms with Gasteiger partial charge in [-0.25, -0.2) is 32.6 Å². The summed E-state index contributed by atoms with van der Waals surface area (Å²) < 4.78 is 43.4. The van der Waals surface area contributed by atoms with Crippen molar-refractivity contribution in [1.82, 2.24) is 34.0 Å². The second-order valence-corrected chi connectivity index (χ2v) is 8.16. The maximum Gasteiger partial charge on any atom is 0.256 e. The van der Waals surface area contributed by atoms with Crippen molar-refractivity contribution in [2.45, 2.75) is 38.5 Å². The number of nitrogens with zero attached hydrogens (tertiary/aromatic N) is 7. The predicted molar refractivity (Wildman–Crippen MR) is 115 cm³/mol. The molecular weight excluding hydrogens is 421 g/mol. The summed E-state index contributed by atoms with van der Waals surface area (Å²) in [5.74, 6) is 0.844. The topological polar surface area (TPSA) is 76.2 Å². The van der Waals surface area contributed by atoms with Crippen molar-refractivity contribution in [2.24, 2.45) is 0 Å². The Bertz CT molecular complexity index is 1270. The molecule has 4 aromatic rings. The van der Waals surface area contributed by atoms with Gasteiger partial charge in [-0.2, -0.15) is 0 Å². The van der Waals surface area contributed by atoms with Crippen LogP contribution in [0.15, 0.2) is 30.6 Å². The highest BCUT2D eigenvalue weighted by Crippen LogP contribution is 2.27. The lowest BCUT2D eigenvalue weighted by Crippen LogP contribution is -2.46. The summed E-state index contributed by atoms with van der Waals surface area (Å²) in [5.41, 5.74) is 3.06. The fraction of sp³-hybridized carbons (Fsp3) is 0.429. The highest BCUT2D eigenvalue weighted by atomic mass is 19.3. The molecule has 0 aliphatic carbocycles. The van der Waals surface area contributed by atoms with Crippen molar-refractivity contribution in [1.29, 1.82) is 0 Å². The standard InChI is InChI=1S/C21H23F3N8/c1-12-26-17-4-3-15(27-20(17)31(12)11-19(23)24)13-5-8-32-18(13)9-25-21(29-32)28-16-6-7-30(2)10-14(16)22/h3-5,8-9,14,16,19H,6-7,10-11H2,1-2H3,(H,28,29)/t14-,16-/m1/s1. The molecule has 1 fully saturated rings. The maximum atomic E-state index is 14.3. The zero-order chi connectivity index (χ0) is 22.4. The van der Waals surface area contributed by atoms with E-state index >= 15 is 0 Å². The molecule has 1 aliphatic heterocycles. The SMILES string of the molecule is Cc1nc2ccc(-c3ccn4nc(N[C@@H]5CCN(C)C[C@H]5F)ncc34)nc2n1CC(F)F. The van der Waals surface area contributed by atoms with Gasteiger partial charge >= 0.3 is 0 Å². The van der Waals surface area contributed by atoms with Crippen LogP contribution in [-0.2, 0) is 6.54 Å². The number of pyridine rings is 1. The Hall–Kier alpha value is -3.21. The van der Waals surface area contributed by atoms with Crippen LogP contribution in [0.3, 0.4) is 0 Å². The summed E-state index contributed by atoms with van der Waals surface area (Å²) in [6.07, 6.45) is 0.601. The molecule has 0 bridgehead atoms. The van der Waals surface area contributed by atoms with Crippen LogP contribution in [-0.4, -0.2) is 72.8 Å². The number of nitrogens with one attached hydrogen (secondary N) is 1. The number of aryl methyl sites for hydroxylation is 1. The lowest BCUT2D eigenvalue weighted by molar-refractivity contribution is 0.127. The molecule has 1 saturated heterocycles. The van der Waals surface area contributed by atoms with Crippen LogP contribution in [0.25, 0.3) is 27.9 Å². The quantitative estimate of drug-likeness (QED) is 0.510. The Morgan fingerprint density at radius 3 is 2.84 bits per heavy atom. The molecule has 32 heavy (non-hydrogen) atoms. The molecule has 11 heteroatoms. The van der Waals surface area contributed by atoms with Crippen molar-refractivity contribution < 1.29 is 13.2 Å². The number of hydrogen-bond donors (Lipinski definition) is 1. The molecule has 168 valence electrons. The van der Waals surface area contributed by atoms with E-state index in [1.54, 1.807) is 36.0 Å². The Labute approximate surface area is 182 Å². The average Bonchev–Trinajstić information content (AvgIpc) is 3.30. The van der Waals surface area contributed by atoms with E-state index in [4.69, 9.17) is 0 Å². The zero-order valence-electron chi connectivity index (χ0n) is 17.7. The minimum atomic E-state index is -2.50. The lowest BCUT2D eigenvalue weighted by atomic mass is 10.0. The highest BCUT2D eigenvalue weighted by molar-refractivity contribution is 5.82. The van der Waals surface area contributed by atoms with Crippen LogP contribution >= 0.6 is 0 Å². The van der Waals surface area contributed by atoms with Gasteiger partial charge in [0, 0.05) is 24.8 Å². The number of rotatable bonds is 5. The number of likely N-dealkylation sites (tertiary alicyclic amines) is 1. The number of piperidine rings is 1. The third-order valence-corrected chi connectivity index (χ3v) is 5.86. The van der Waals surface area contributed by atoms with Crippen LogP contribution in [0, 0.1) is 6.92 Å². The van der Waals surface area contributed by atoms with Gasteiger partial charge < -0.3 is 14.8 Å². The van der Waals surface area contributed by atoms with Gasteiger partial charge in [0.05, 0.1) is 30.0 Å². The van der Waals surface area contributed by atoms with Crippen LogP contribution in [0.1, 0.15) is 12.2 Å². The van der Waals surface area contributed by atoms with E-state index in [9.17, 15) is 13.2 Å². The Balaban J connectivity index is 1.45. The maximum absolute atomic E-state index is 14.3. The lowest BCUT2D eigenvalue weighted by Gasteiger charge is -2.32. The molecule has 0 aromatic carbocycles. The second kappa shape index (κ2) is 8.05. The van der Waals surface area contributed by atoms with Crippen LogP contribution in [0.2, 0.25) is 0 Å². The third-order valence-electron chi connectivity index (χ3n) is 5.86. The first kappa shape index (κ1) is 20.7. The zero-order valence-corrected chi connectivity index (χ0v) is 17.7. The smallest absolute Gasteiger partial charge is 0.256 e. The van der Waals surface area contributed by atoms with Crippen molar-refractivity contribution in [3.05, 3.63) is 36.4 Å². The number of anilines is 1. The van der Waals surface area contributed by atoms with Gasteiger partial charge in [0.2, 0.25) is 5.95 Å². The second-order valence-electron chi connectivity index (χ2n) is 8.16. The van der Waals surface area contributed by atoms with E-state index in [1.807, 2.05) is 18.0 Å². The Morgan fingerprint density at radius 2 is 2.06 bits per heavy atom. The molecule has 5 heterocycles. The molecule has 5 rings (SSSR count). The summed E-state index contributed by atoms with van der Waals surface area (Å²) in [4.78, 5) is 15.3. The van der Waals surface area contributed by atoms with Crippen LogP contribution in [0.4, 0.5) is 19.1 Å². The summed E-state index contributed by atoms with van der Waals surface area (Å²) >= 11 is 0. The predicted octanol–water partition coefficient (Wildman–Crippen LogP) is 3.17. The third kappa shape index (κ3) is 3.77. The Kier molecular flexibility index (Phi) is 5.20. The summed E-state index contributed by atoms with van der Waals surface area (Å²) in [6.45, 7) is 2.42. The molecular formula is C21H23F3N8. The molecule has 8 nitrogen and oxygen atoms in total. The van der Waals surface area contributed by atoms with Crippen molar-refractivity contribution in [2.75, 3.05) is 25.5 Å². The van der Waals surface area contributed by atoms with Crippen molar-refractivity contribution >= 4 is 22.6 Å². The minimum Gasteiger partial charge on any atom is -0.347 e. The van der Waals surface area contributed by atoms with Gasteiger partial charge in [-0.1, -0.05) is 0 Å². The minimum absolute atomic E-state index is 0.332. The molecule has 0 amide bonds. The first-order valence-electron chi connectivity index (χ1n) is 10.4. The average molecular weight is 444 g/mol. The molecule has 1 N–H and O–H groups in total. The van der Waals surface area contributed by atoms with Gasteiger partial charge in [0.1, 0.15) is 17.5 Å². The summed E-state index contributed by atoms with van der Waals surface area (Å²) in [7, 11) is 1.90. The molecule has 2 atom stereocenters. The van der Waals surface area contributed by atoms with Gasteiger partial charge in [-0.05, 0) is 38.6 Å². The van der Waals surface area contributed by atoms with E-state index < -0.39 is 19.1 Å². The van der Waals surface area contributed by atoms with Crippen LogP contribution < -0.4 is 5.32 Å².